The van der Waals surface area contributed by atoms with E-state index in [2.05, 4.69) is 10.5 Å². The number of aromatic nitrogens is 1. The predicted octanol–water partition coefficient (Wildman–Crippen LogP) is 3.40. The van der Waals surface area contributed by atoms with E-state index in [0.717, 1.165) is 6.07 Å². The van der Waals surface area contributed by atoms with Gasteiger partial charge in [0.15, 0.2) is 11.5 Å². The minimum atomic E-state index is -0.464. The van der Waals surface area contributed by atoms with Gasteiger partial charge in [0.25, 0.3) is 5.91 Å². The van der Waals surface area contributed by atoms with Crippen molar-refractivity contribution in [2.45, 2.75) is 32.4 Å². The maximum absolute atomic E-state index is 13.1. The molecule has 8 nitrogen and oxygen atoms in total. The van der Waals surface area contributed by atoms with Gasteiger partial charge in [-0.15, -0.1) is 0 Å². The second kappa shape index (κ2) is 9.60. The number of hydrogen-bond donors (Lipinski definition) is 1. The fourth-order valence-corrected chi connectivity index (χ4v) is 3.13. The lowest BCUT2D eigenvalue weighted by Gasteiger charge is -2.31. The second-order valence-electron chi connectivity index (χ2n) is 6.48. The topological polar surface area (TPSA) is 93.9 Å². The first kappa shape index (κ1) is 20.9. The van der Waals surface area contributed by atoms with E-state index in [0.29, 0.717) is 44.0 Å². The number of nitrogens with one attached hydrogen (secondary N) is 1. The summed E-state index contributed by atoms with van der Waals surface area (Å²) in [5, 5.41) is 6.77. The summed E-state index contributed by atoms with van der Waals surface area (Å²) in [5.74, 6) is -0.208. The van der Waals surface area contributed by atoms with Gasteiger partial charge < -0.3 is 24.2 Å². The third-order valence-corrected chi connectivity index (χ3v) is 4.71. The summed E-state index contributed by atoms with van der Waals surface area (Å²) in [6.07, 6.45) is 0.919. The van der Waals surface area contributed by atoms with Crippen molar-refractivity contribution in [2.24, 2.45) is 0 Å². The van der Waals surface area contributed by atoms with Crippen LogP contribution in [0.25, 0.3) is 0 Å². The largest absolute Gasteiger partial charge is 0.484 e. The Hall–Kier alpha value is -2.81. The molecule has 1 aromatic heterocycles. The Balaban J connectivity index is 1.48. The maximum atomic E-state index is 13.1. The fourth-order valence-electron chi connectivity index (χ4n) is 2.91. The Kier molecular flexibility index (Phi) is 6.92. The molecule has 3 rings (SSSR count). The molecule has 29 heavy (non-hydrogen) atoms. The van der Waals surface area contributed by atoms with Gasteiger partial charge >= 0.3 is 6.09 Å². The van der Waals surface area contributed by atoms with Crippen LogP contribution in [0.3, 0.4) is 0 Å². The average Bonchev–Trinajstić information content (AvgIpc) is 3.17. The van der Waals surface area contributed by atoms with Gasteiger partial charge in [-0.3, -0.25) is 4.79 Å². The molecule has 156 valence electrons. The molecular formula is C19H21ClFN3O5. The summed E-state index contributed by atoms with van der Waals surface area (Å²) >= 11 is 5.90. The molecule has 1 aromatic carbocycles. The zero-order valence-corrected chi connectivity index (χ0v) is 16.6. The van der Waals surface area contributed by atoms with Gasteiger partial charge in [0, 0.05) is 25.2 Å². The van der Waals surface area contributed by atoms with Crippen molar-refractivity contribution in [2.75, 3.05) is 19.7 Å². The first-order valence-corrected chi connectivity index (χ1v) is 9.60. The SMILES string of the molecule is CCOC(=O)N1CCC(NC(=O)c2cc(COc3ccc(F)cc3Cl)on2)CC1. The minimum absolute atomic E-state index is 0.0104. The molecule has 2 heterocycles. The number of nitrogens with zero attached hydrogens (tertiary/aromatic N) is 2. The van der Waals surface area contributed by atoms with Crippen LogP contribution in [-0.2, 0) is 11.3 Å². The summed E-state index contributed by atoms with van der Waals surface area (Å²) < 4.78 is 28.6. The number of piperidine rings is 1. The summed E-state index contributed by atoms with van der Waals surface area (Å²) in [5.41, 5.74) is 0.127. The van der Waals surface area contributed by atoms with E-state index < -0.39 is 5.82 Å². The van der Waals surface area contributed by atoms with Crippen LogP contribution in [0.2, 0.25) is 5.02 Å². The summed E-state index contributed by atoms with van der Waals surface area (Å²) in [6.45, 7) is 3.11. The lowest BCUT2D eigenvalue weighted by atomic mass is 10.1. The van der Waals surface area contributed by atoms with Crippen LogP contribution in [0.1, 0.15) is 36.0 Å². The molecule has 0 bridgehead atoms. The molecule has 0 radical (unpaired) electrons. The van der Waals surface area contributed by atoms with Crippen LogP contribution in [0.15, 0.2) is 28.8 Å². The van der Waals surface area contributed by atoms with E-state index >= 15 is 0 Å². The standard InChI is InChI=1S/C19H21ClFN3O5/c1-2-27-19(26)24-7-5-13(6-8-24)22-18(25)16-10-14(29-23-16)11-28-17-4-3-12(21)9-15(17)20/h3-4,9-10,13H,2,5-8,11H2,1H3,(H,22,25). The molecule has 1 N–H and O–H groups in total. The smallest absolute Gasteiger partial charge is 0.409 e. The molecule has 1 saturated heterocycles. The van der Waals surface area contributed by atoms with Crippen molar-refractivity contribution in [3.63, 3.8) is 0 Å². The Morgan fingerprint density at radius 3 is 2.79 bits per heavy atom. The molecule has 0 aliphatic carbocycles. The predicted molar refractivity (Wildman–Crippen MR) is 101 cm³/mol. The number of carbonyl (C=O) groups excluding carboxylic acids is 2. The lowest BCUT2D eigenvalue weighted by molar-refractivity contribution is 0.0854. The van der Waals surface area contributed by atoms with E-state index in [-0.39, 0.29) is 35.4 Å². The normalized spacial score (nSPS) is 14.5. The zero-order chi connectivity index (χ0) is 20.8. The maximum Gasteiger partial charge on any atom is 0.409 e. The Morgan fingerprint density at radius 2 is 2.10 bits per heavy atom. The molecule has 10 heteroatoms. The van der Waals surface area contributed by atoms with Gasteiger partial charge in [0.2, 0.25) is 0 Å². The van der Waals surface area contributed by atoms with Crippen LogP contribution in [0.4, 0.5) is 9.18 Å². The van der Waals surface area contributed by atoms with Gasteiger partial charge in [-0.2, -0.15) is 0 Å². The van der Waals surface area contributed by atoms with Gasteiger partial charge in [0.05, 0.1) is 11.6 Å². The van der Waals surface area contributed by atoms with Crippen molar-refractivity contribution < 1.29 is 28.0 Å². The Morgan fingerprint density at radius 1 is 1.34 bits per heavy atom. The Bertz CT molecular complexity index is 867. The molecule has 0 atom stereocenters. The van der Waals surface area contributed by atoms with Crippen LogP contribution in [0, 0.1) is 5.82 Å². The highest BCUT2D eigenvalue weighted by Crippen LogP contribution is 2.25. The third kappa shape index (κ3) is 5.60. The summed E-state index contributed by atoms with van der Waals surface area (Å²) in [4.78, 5) is 25.7. The zero-order valence-electron chi connectivity index (χ0n) is 15.8. The molecule has 0 spiro atoms. The monoisotopic (exact) mass is 425 g/mol. The third-order valence-electron chi connectivity index (χ3n) is 4.41. The number of benzene rings is 1. The van der Waals surface area contributed by atoms with E-state index in [1.165, 1.54) is 18.2 Å². The highest BCUT2D eigenvalue weighted by atomic mass is 35.5. The lowest BCUT2D eigenvalue weighted by Crippen LogP contribution is -2.46. The van der Waals surface area contributed by atoms with E-state index in [9.17, 15) is 14.0 Å². The van der Waals surface area contributed by atoms with Crippen molar-refractivity contribution >= 4 is 23.6 Å². The van der Waals surface area contributed by atoms with Crippen LogP contribution in [0.5, 0.6) is 5.75 Å². The van der Waals surface area contributed by atoms with E-state index in [1.807, 2.05) is 0 Å². The fraction of sp³-hybridized carbons (Fsp3) is 0.421. The van der Waals surface area contributed by atoms with Gasteiger partial charge in [-0.05, 0) is 38.0 Å². The summed E-state index contributed by atoms with van der Waals surface area (Å²) in [6, 6.07) is 5.18. The van der Waals surface area contributed by atoms with Crippen molar-refractivity contribution in [3.8, 4) is 5.75 Å². The van der Waals surface area contributed by atoms with Crippen molar-refractivity contribution in [1.29, 1.82) is 0 Å². The molecule has 2 aromatic rings. The van der Waals surface area contributed by atoms with Crippen molar-refractivity contribution in [3.05, 3.63) is 46.6 Å². The first-order valence-electron chi connectivity index (χ1n) is 9.22. The number of hydrogen-bond acceptors (Lipinski definition) is 6. The van der Waals surface area contributed by atoms with Gasteiger partial charge in [-0.1, -0.05) is 16.8 Å². The number of amides is 2. The average molecular weight is 426 g/mol. The second-order valence-corrected chi connectivity index (χ2v) is 6.88. The number of likely N-dealkylation sites (tertiary alicyclic amines) is 1. The quantitative estimate of drug-likeness (QED) is 0.762. The number of halogens is 2. The molecular weight excluding hydrogens is 405 g/mol. The molecule has 2 amide bonds. The molecule has 0 unspecified atom stereocenters. The Labute approximate surface area is 171 Å². The minimum Gasteiger partial charge on any atom is -0.484 e. The molecule has 0 saturated carbocycles. The number of ether oxygens (including phenoxy) is 2. The highest BCUT2D eigenvalue weighted by molar-refractivity contribution is 6.32. The highest BCUT2D eigenvalue weighted by Gasteiger charge is 2.25. The van der Waals surface area contributed by atoms with E-state index in [1.54, 1.807) is 11.8 Å². The summed E-state index contributed by atoms with van der Waals surface area (Å²) in [7, 11) is 0. The number of carbonyl (C=O) groups is 2. The number of rotatable bonds is 6. The molecule has 1 aliphatic heterocycles. The van der Waals surface area contributed by atoms with Crippen LogP contribution < -0.4 is 10.1 Å². The molecule has 1 aliphatic rings. The molecule has 1 fully saturated rings. The van der Waals surface area contributed by atoms with Crippen LogP contribution >= 0.6 is 11.6 Å². The van der Waals surface area contributed by atoms with E-state index in [4.69, 9.17) is 25.6 Å². The van der Waals surface area contributed by atoms with Crippen molar-refractivity contribution in [1.82, 2.24) is 15.4 Å². The first-order chi connectivity index (χ1) is 14.0. The van der Waals surface area contributed by atoms with Crippen LogP contribution in [-0.4, -0.2) is 47.8 Å². The van der Waals surface area contributed by atoms with Gasteiger partial charge in [-0.25, -0.2) is 9.18 Å². The van der Waals surface area contributed by atoms with Gasteiger partial charge in [0.1, 0.15) is 18.2 Å².